The molecule has 27 heavy (non-hydrogen) atoms. The molecule has 1 aliphatic rings. The maximum atomic E-state index is 12.8. The van der Waals surface area contributed by atoms with Gasteiger partial charge in [0, 0.05) is 26.2 Å². The Morgan fingerprint density at radius 3 is 2.52 bits per heavy atom. The van der Waals surface area contributed by atoms with Gasteiger partial charge in [-0.05, 0) is 51.3 Å². The molecule has 0 aromatic heterocycles. The van der Waals surface area contributed by atoms with Crippen molar-refractivity contribution in [2.45, 2.75) is 51.0 Å². The standard InChI is InChI=1S/C19H27N3O4S/c1-19(2,3)26-18(23)21(4)17-6-5-11-22(13-17)27(24,25)14-16-9-7-15(12-20)8-10-16/h7-10,17H,5-6,11,13-14H2,1-4H3/t17-/m1/s1. The first kappa shape index (κ1) is 21.2. The van der Waals surface area contributed by atoms with Gasteiger partial charge in [-0.2, -0.15) is 9.57 Å². The normalized spacial score (nSPS) is 18.6. The fourth-order valence-corrected chi connectivity index (χ4v) is 4.55. The van der Waals surface area contributed by atoms with Crippen molar-refractivity contribution in [3.05, 3.63) is 35.4 Å². The van der Waals surface area contributed by atoms with Gasteiger partial charge in [0.1, 0.15) is 5.60 Å². The second kappa shape index (κ2) is 8.28. The van der Waals surface area contributed by atoms with E-state index in [2.05, 4.69) is 0 Å². The highest BCUT2D eigenvalue weighted by Gasteiger charge is 2.33. The average molecular weight is 394 g/mol. The predicted molar refractivity (Wildman–Crippen MR) is 102 cm³/mol. The lowest BCUT2D eigenvalue weighted by atomic mass is 10.1. The van der Waals surface area contributed by atoms with Crippen LogP contribution in [0.15, 0.2) is 24.3 Å². The fraction of sp³-hybridized carbons (Fsp3) is 0.579. The van der Waals surface area contributed by atoms with Gasteiger partial charge in [-0.25, -0.2) is 13.2 Å². The summed E-state index contributed by atoms with van der Waals surface area (Å²) >= 11 is 0. The molecule has 7 nitrogen and oxygen atoms in total. The third-order valence-electron chi connectivity index (χ3n) is 4.41. The topological polar surface area (TPSA) is 90.7 Å². The van der Waals surface area contributed by atoms with E-state index >= 15 is 0 Å². The van der Waals surface area contributed by atoms with Crippen molar-refractivity contribution in [2.75, 3.05) is 20.1 Å². The van der Waals surface area contributed by atoms with E-state index in [1.807, 2.05) is 6.07 Å². The zero-order chi connectivity index (χ0) is 20.2. The van der Waals surface area contributed by atoms with Crippen molar-refractivity contribution in [3.63, 3.8) is 0 Å². The van der Waals surface area contributed by atoms with Crippen molar-refractivity contribution in [1.29, 1.82) is 5.26 Å². The van der Waals surface area contributed by atoms with Crippen molar-refractivity contribution in [2.24, 2.45) is 0 Å². The van der Waals surface area contributed by atoms with Gasteiger partial charge in [0.15, 0.2) is 0 Å². The number of rotatable bonds is 4. The molecular weight excluding hydrogens is 366 g/mol. The number of nitriles is 1. The highest BCUT2D eigenvalue weighted by molar-refractivity contribution is 7.88. The van der Waals surface area contributed by atoms with Gasteiger partial charge in [-0.3, -0.25) is 0 Å². The lowest BCUT2D eigenvalue weighted by Gasteiger charge is -2.37. The first-order valence-corrected chi connectivity index (χ1v) is 10.6. The monoisotopic (exact) mass is 393 g/mol. The smallest absolute Gasteiger partial charge is 0.410 e. The Morgan fingerprint density at radius 2 is 1.96 bits per heavy atom. The third kappa shape index (κ3) is 5.94. The van der Waals surface area contributed by atoms with Gasteiger partial charge in [-0.15, -0.1) is 0 Å². The van der Waals surface area contributed by atoms with Gasteiger partial charge in [0.05, 0.1) is 17.4 Å². The molecular formula is C19H27N3O4S. The van der Waals surface area contributed by atoms with Gasteiger partial charge in [0.2, 0.25) is 10.0 Å². The van der Waals surface area contributed by atoms with Crippen LogP contribution in [0.5, 0.6) is 0 Å². The molecule has 0 bridgehead atoms. The number of hydrogen-bond donors (Lipinski definition) is 0. The van der Waals surface area contributed by atoms with Crippen LogP contribution < -0.4 is 0 Å². The molecule has 148 valence electrons. The minimum absolute atomic E-state index is 0.123. The molecule has 0 N–H and O–H groups in total. The van der Waals surface area contributed by atoms with E-state index in [0.717, 1.165) is 6.42 Å². The molecule has 1 amide bonds. The summed E-state index contributed by atoms with van der Waals surface area (Å²) in [6.45, 7) is 6.10. The predicted octanol–water partition coefficient (Wildman–Crippen LogP) is 2.72. The number of piperidine rings is 1. The number of benzene rings is 1. The Morgan fingerprint density at radius 1 is 1.33 bits per heavy atom. The molecule has 1 saturated heterocycles. The van der Waals surface area contributed by atoms with Crippen molar-refractivity contribution in [1.82, 2.24) is 9.21 Å². The number of amides is 1. The summed E-state index contributed by atoms with van der Waals surface area (Å²) in [6, 6.07) is 8.33. The molecule has 1 atom stereocenters. The molecule has 0 unspecified atom stereocenters. The first-order chi connectivity index (χ1) is 12.5. The van der Waals surface area contributed by atoms with Crippen molar-refractivity contribution < 1.29 is 17.9 Å². The molecule has 0 aliphatic carbocycles. The minimum Gasteiger partial charge on any atom is -0.444 e. The lowest BCUT2D eigenvalue weighted by molar-refractivity contribution is 0.0173. The van der Waals surface area contributed by atoms with E-state index < -0.39 is 21.7 Å². The van der Waals surface area contributed by atoms with Crippen LogP contribution in [0, 0.1) is 11.3 Å². The zero-order valence-electron chi connectivity index (χ0n) is 16.3. The second-order valence-corrected chi connectivity index (χ2v) is 9.78. The van der Waals surface area contributed by atoms with E-state index in [4.69, 9.17) is 10.00 Å². The molecule has 1 aliphatic heterocycles. The van der Waals surface area contributed by atoms with E-state index in [0.29, 0.717) is 24.1 Å². The Bertz CT molecular complexity index is 807. The maximum Gasteiger partial charge on any atom is 0.410 e. The molecule has 1 fully saturated rings. The number of nitrogens with zero attached hydrogens (tertiary/aromatic N) is 3. The zero-order valence-corrected chi connectivity index (χ0v) is 17.1. The second-order valence-electron chi connectivity index (χ2n) is 7.81. The fourth-order valence-electron chi connectivity index (χ4n) is 2.95. The van der Waals surface area contributed by atoms with Crippen LogP contribution in [0.1, 0.15) is 44.7 Å². The van der Waals surface area contributed by atoms with Crippen molar-refractivity contribution in [3.8, 4) is 6.07 Å². The van der Waals surface area contributed by atoms with E-state index in [1.54, 1.807) is 52.1 Å². The molecule has 1 heterocycles. The number of carbonyl (C=O) groups excluding carboxylic acids is 1. The summed E-state index contributed by atoms with van der Waals surface area (Å²) in [7, 11) is -1.86. The summed E-state index contributed by atoms with van der Waals surface area (Å²) in [5.74, 6) is -0.123. The number of sulfonamides is 1. The van der Waals surface area contributed by atoms with Gasteiger partial charge < -0.3 is 9.64 Å². The first-order valence-electron chi connectivity index (χ1n) is 8.94. The highest BCUT2D eigenvalue weighted by atomic mass is 32.2. The Balaban J connectivity index is 2.05. The number of hydrogen-bond acceptors (Lipinski definition) is 5. The van der Waals surface area contributed by atoms with Crippen LogP contribution in [0.25, 0.3) is 0 Å². The molecule has 1 aromatic rings. The van der Waals surface area contributed by atoms with Crippen LogP contribution >= 0.6 is 0 Å². The summed E-state index contributed by atoms with van der Waals surface area (Å²) < 4.78 is 32.4. The molecule has 2 rings (SSSR count). The van der Waals surface area contributed by atoms with Gasteiger partial charge in [-0.1, -0.05) is 12.1 Å². The van der Waals surface area contributed by atoms with Gasteiger partial charge in [0.25, 0.3) is 0 Å². The van der Waals surface area contributed by atoms with Crippen LogP contribution in [0.2, 0.25) is 0 Å². The van der Waals surface area contributed by atoms with E-state index in [1.165, 1.54) is 9.21 Å². The minimum atomic E-state index is -3.51. The summed E-state index contributed by atoms with van der Waals surface area (Å²) in [5.41, 5.74) is 0.534. The summed E-state index contributed by atoms with van der Waals surface area (Å²) in [5, 5.41) is 8.84. The van der Waals surface area contributed by atoms with Crippen LogP contribution in [-0.4, -0.2) is 55.5 Å². The Hall–Kier alpha value is -2.11. The molecule has 0 spiro atoms. The maximum absolute atomic E-state index is 12.8. The van der Waals surface area contributed by atoms with Crippen LogP contribution in [0.3, 0.4) is 0 Å². The highest BCUT2D eigenvalue weighted by Crippen LogP contribution is 2.22. The average Bonchev–Trinajstić information content (AvgIpc) is 2.60. The lowest BCUT2D eigenvalue weighted by Crippen LogP contribution is -2.51. The number of likely N-dealkylation sites (N-methyl/N-ethyl adjacent to an activating group) is 1. The number of carbonyl (C=O) groups is 1. The SMILES string of the molecule is CN(C(=O)OC(C)(C)C)[C@@H]1CCCN(S(=O)(=O)Cc2ccc(C#N)cc2)C1. The number of ether oxygens (including phenoxy) is 1. The van der Waals surface area contributed by atoms with Crippen LogP contribution in [-0.2, 0) is 20.5 Å². The van der Waals surface area contributed by atoms with Crippen molar-refractivity contribution >= 4 is 16.1 Å². The van der Waals surface area contributed by atoms with Gasteiger partial charge >= 0.3 is 6.09 Å². The molecule has 8 heteroatoms. The summed E-state index contributed by atoms with van der Waals surface area (Å²) in [4.78, 5) is 13.8. The summed E-state index contributed by atoms with van der Waals surface area (Å²) in [6.07, 6.45) is 0.974. The van der Waals surface area contributed by atoms with E-state index in [-0.39, 0.29) is 18.3 Å². The Kier molecular flexibility index (Phi) is 6.50. The third-order valence-corrected chi connectivity index (χ3v) is 6.23. The molecule has 1 aromatic carbocycles. The quantitative estimate of drug-likeness (QED) is 0.784. The van der Waals surface area contributed by atoms with E-state index in [9.17, 15) is 13.2 Å². The molecule has 0 saturated carbocycles. The molecule has 0 radical (unpaired) electrons. The van der Waals surface area contributed by atoms with Crippen LogP contribution in [0.4, 0.5) is 4.79 Å². The largest absolute Gasteiger partial charge is 0.444 e. The Labute approximate surface area is 161 Å².